The van der Waals surface area contributed by atoms with Crippen LogP contribution in [0.4, 0.5) is 0 Å². The van der Waals surface area contributed by atoms with Gasteiger partial charge in [-0.1, -0.05) is 71.9 Å². The van der Waals surface area contributed by atoms with Crippen molar-refractivity contribution in [3.05, 3.63) is 76.6 Å². The maximum Gasteiger partial charge on any atom is 0.271 e. The Morgan fingerprint density at radius 1 is 1.04 bits per heavy atom. The number of carbonyl (C=O) groups excluding carboxylic acids is 2. The van der Waals surface area contributed by atoms with Crippen molar-refractivity contribution in [3.63, 3.8) is 0 Å². The van der Waals surface area contributed by atoms with Gasteiger partial charge in [0.15, 0.2) is 0 Å². The average molecular weight is 414 g/mol. The van der Waals surface area contributed by atoms with E-state index in [1.165, 1.54) is 0 Å². The Morgan fingerprint density at radius 3 is 2.57 bits per heavy atom. The molecule has 0 saturated heterocycles. The number of nitrogens with one attached hydrogen (secondary N) is 3. The average Bonchev–Trinajstić information content (AvgIpc) is 3.18. The first-order chi connectivity index (χ1) is 13.6. The first-order valence-electron chi connectivity index (χ1n) is 8.24. The van der Waals surface area contributed by atoms with Gasteiger partial charge in [0.2, 0.25) is 11.1 Å². The number of aromatic amines is 1. The zero-order valence-corrected chi connectivity index (χ0v) is 16.1. The van der Waals surface area contributed by atoms with Gasteiger partial charge in [0.25, 0.3) is 5.91 Å². The number of carbonyl (C=O) groups is 2. The van der Waals surface area contributed by atoms with Crippen LogP contribution in [0.1, 0.15) is 21.7 Å². The quantitative estimate of drug-likeness (QED) is 0.425. The van der Waals surface area contributed by atoms with Gasteiger partial charge in [0.1, 0.15) is 5.82 Å². The molecular formula is C19H16ClN5O2S. The zero-order valence-electron chi connectivity index (χ0n) is 14.6. The van der Waals surface area contributed by atoms with Crippen LogP contribution in [0.15, 0.2) is 59.8 Å². The van der Waals surface area contributed by atoms with Crippen LogP contribution in [-0.2, 0) is 4.79 Å². The molecule has 0 radical (unpaired) electrons. The molecule has 0 aliphatic carbocycles. The SMILES string of the molecule is O=C(CSc1n[nH]c(/C=C/c2ccccc2)n1)NNC(=O)c1ccccc1Cl. The van der Waals surface area contributed by atoms with E-state index in [1.807, 2.05) is 36.4 Å². The second-order valence-corrected chi connectivity index (χ2v) is 6.87. The Labute approximate surface area is 170 Å². The molecule has 3 rings (SSSR count). The number of benzene rings is 2. The lowest BCUT2D eigenvalue weighted by Crippen LogP contribution is -2.42. The van der Waals surface area contributed by atoms with Crippen LogP contribution in [0.25, 0.3) is 12.2 Å². The van der Waals surface area contributed by atoms with Crippen molar-refractivity contribution in [1.82, 2.24) is 26.0 Å². The lowest BCUT2D eigenvalue weighted by Gasteiger charge is -2.07. The number of aromatic nitrogens is 3. The predicted octanol–water partition coefficient (Wildman–Crippen LogP) is 3.18. The molecule has 0 atom stereocenters. The molecule has 0 bridgehead atoms. The summed E-state index contributed by atoms with van der Waals surface area (Å²) in [5.41, 5.74) is 5.98. The van der Waals surface area contributed by atoms with E-state index in [-0.39, 0.29) is 11.3 Å². The molecule has 0 saturated carbocycles. The topological polar surface area (TPSA) is 99.8 Å². The monoisotopic (exact) mass is 413 g/mol. The Balaban J connectivity index is 1.45. The van der Waals surface area contributed by atoms with Crippen LogP contribution in [0.2, 0.25) is 5.02 Å². The summed E-state index contributed by atoms with van der Waals surface area (Å²) in [5, 5.41) is 7.58. The molecule has 2 amide bonds. The molecule has 1 aromatic heterocycles. The van der Waals surface area contributed by atoms with Gasteiger partial charge in [-0.3, -0.25) is 25.5 Å². The number of thioether (sulfide) groups is 1. The molecule has 2 aromatic carbocycles. The summed E-state index contributed by atoms with van der Waals surface area (Å²) in [6.45, 7) is 0. The number of hydrogen-bond acceptors (Lipinski definition) is 5. The van der Waals surface area contributed by atoms with Crippen molar-refractivity contribution in [2.45, 2.75) is 5.16 Å². The summed E-state index contributed by atoms with van der Waals surface area (Å²) in [6.07, 6.45) is 3.71. The van der Waals surface area contributed by atoms with Crippen LogP contribution in [0.3, 0.4) is 0 Å². The molecule has 1 heterocycles. The fraction of sp³-hybridized carbons (Fsp3) is 0.0526. The summed E-state index contributed by atoms with van der Waals surface area (Å²) >= 11 is 7.08. The molecule has 0 fully saturated rings. The molecule has 3 N–H and O–H groups in total. The van der Waals surface area contributed by atoms with Crippen molar-refractivity contribution >= 4 is 47.3 Å². The molecule has 3 aromatic rings. The minimum Gasteiger partial charge on any atom is -0.272 e. The number of halogens is 1. The van der Waals surface area contributed by atoms with Crippen molar-refractivity contribution in [1.29, 1.82) is 0 Å². The van der Waals surface area contributed by atoms with Gasteiger partial charge in [-0.25, -0.2) is 4.98 Å². The molecule has 142 valence electrons. The molecule has 9 heteroatoms. The Kier molecular flexibility index (Phi) is 6.83. The van der Waals surface area contributed by atoms with Gasteiger partial charge in [-0.2, -0.15) is 0 Å². The van der Waals surface area contributed by atoms with Crippen LogP contribution in [0.5, 0.6) is 0 Å². The highest BCUT2D eigenvalue weighted by atomic mass is 35.5. The van der Waals surface area contributed by atoms with Gasteiger partial charge >= 0.3 is 0 Å². The van der Waals surface area contributed by atoms with E-state index in [9.17, 15) is 9.59 Å². The van der Waals surface area contributed by atoms with Crippen LogP contribution in [0, 0.1) is 0 Å². The number of hydrazine groups is 1. The van der Waals surface area contributed by atoms with Crippen molar-refractivity contribution < 1.29 is 9.59 Å². The van der Waals surface area contributed by atoms with E-state index in [1.54, 1.807) is 30.3 Å². The van der Waals surface area contributed by atoms with Crippen LogP contribution in [-0.4, -0.2) is 32.7 Å². The summed E-state index contributed by atoms with van der Waals surface area (Å²) in [5.74, 6) is -0.256. The normalized spacial score (nSPS) is 10.8. The highest BCUT2D eigenvalue weighted by molar-refractivity contribution is 7.99. The fourth-order valence-corrected chi connectivity index (χ4v) is 2.97. The maximum atomic E-state index is 12.0. The first kappa shape index (κ1) is 19.7. The first-order valence-corrected chi connectivity index (χ1v) is 9.60. The van der Waals surface area contributed by atoms with Gasteiger partial charge < -0.3 is 0 Å². The zero-order chi connectivity index (χ0) is 19.8. The van der Waals surface area contributed by atoms with Gasteiger partial charge in [-0.05, 0) is 23.8 Å². The largest absolute Gasteiger partial charge is 0.272 e. The molecular weight excluding hydrogens is 398 g/mol. The summed E-state index contributed by atoms with van der Waals surface area (Å²) in [7, 11) is 0. The second-order valence-electron chi connectivity index (χ2n) is 5.52. The van der Waals surface area contributed by atoms with E-state index in [0.717, 1.165) is 17.3 Å². The predicted molar refractivity (Wildman–Crippen MR) is 110 cm³/mol. The number of amides is 2. The van der Waals surface area contributed by atoms with Crippen molar-refractivity contribution in [2.75, 3.05) is 5.75 Å². The third-order valence-electron chi connectivity index (χ3n) is 3.48. The van der Waals surface area contributed by atoms with E-state index >= 15 is 0 Å². The Hall–Kier alpha value is -3.10. The van der Waals surface area contributed by atoms with Gasteiger partial charge in [0.05, 0.1) is 16.3 Å². The van der Waals surface area contributed by atoms with Gasteiger partial charge in [-0.15, -0.1) is 5.10 Å². The third-order valence-corrected chi connectivity index (χ3v) is 4.66. The molecule has 0 spiro atoms. The van der Waals surface area contributed by atoms with Crippen LogP contribution < -0.4 is 10.9 Å². The molecule has 7 nitrogen and oxygen atoms in total. The minimum atomic E-state index is -0.491. The minimum absolute atomic E-state index is 0.0441. The number of rotatable bonds is 6. The lowest BCUT2D eigenvalue weighted by atomic mass is 10.2. The molecule has 0 unspecified atom stereocenters. The number of H-pyrrole nitrogens is 1. The van der Waals surface area contributed by atoms with Crippen molar-refractivity contribution in [2.24, 2.45) is 0 Å². The Morgan fingerprint density at radius 2 is 1.79 bits per heavy atom. The maximum absolute atomic E-state index is 12.0. The molecule has 0 aliphatic rings. The number of nitrogens with zero attached hydrogens (tertiary/aromatic N) is 2. The highest BCUT2D eigenvalue weighted by Crippen LogP contribution is 2.15. The molecule has 28 heavy (non-hydrogen) atoms. The standard InChI is InChI=1S/C19H16ClN5O2S/c20-15-9-5-4-8-14(15)18(27)24-23-17(26)12-28-19-21-16(22-25-19)11-10-13-6-2-1-3-7-13/h1-11H,12H2,(H,23,26)(H,24,27)(H,21,22,25)/b11-10+. The van der Waals surface area contributed by atoms with Gasteiger partial charge in [0, 0.05) is 0 Å². The Bertz CT molecular complexity index is 991. The van der Waals surface area contributed by atoms with E-state index in [0.29, 0.717) is 16.0 Å². The fourth-order valence-electron chi connectivity index (χ4n) is 2.14. The highest BCUT2D eigenvalue weighted by Gasteiger charge is 2.11. The van der Waals surface area contributed by atoms with E-state index < -0.39 is 11.8 Å². The summed E-state index contributed by atoms with van der Waals surface area (Å²) in [4.78, 5) is 28.2. The lowest BCUT2D eigenvalue weighted by molar-refractivity contribution is -0.119. The second kappa shape index (κ2) is 9.72. The van der Waals surface area contributed by atoms with E-state index in [2.05, 4.69) is 26.0 Å². The number of hydrogen-bond donors (Lipinski definition) is 3. The summed E-state index contributed by atoms with van der Waals surface area (Å²) in [6, 6.07) is 16.4. The van der Waals surface area contributed by atoms with Crippen LogP contribution >= 0.6 is 23.4 Å². The molecule has 0 aliphatic heterocycles. The van der Waals surface area contributed by atoms with Crippen molar-refractivity contribution in [3.8, 4) is 0 Å². The smallest absolute Gasteiger partial charge is 0.271 e. The third kappa shape index (κ3) is 5.70. The van der Waals surface area contributed by atoms with E-state index in [4.69, 9.17) is 11.6 Å². The summed E-state index contributed by atoms with van der Waals surface area (Å²) < 4.78 is 0.